The molecule has 3 N–H and O–H groups in total. The van der Waals surface area contributed by atoms with Crippen LogP contribution in [0, 0.1) is 0 Å². The Kier molecular flexibility index (Phi) is 5.58. The van der Waals surface area contributed by atoms with Crippen LogP contribution in [0.1, 0.15) is 42.6 Å². The molecule has 1 atom stereocenters. The summed E-state index contributed by atoms with van der Waals surface area (Å²) in [6, 6.07) is 14.2. The van der Waals surface area contributed by atoms with Crippen molar-refractivity contribution in [2.75, 3.05) is 5.32 Å². The summed E-state index contributed by atoms with van der Waals surface area (Å²) in [6.07, 6.45) is -0.674. The topological polar surface area (TPSA) is 81.4 Å². The first-order valence-corrected chi connectivity index (χ1v) is 7.84. The molecule has 0 bridgehead atoms. The van der Waals surface area contributed by atoms with Gasteiger partial charge in [-0.25, -0.2) is 0 Å². The van der Waals surface area contributed by atoms with Crippen molar-refractivity contribution >= 4 is 17.5 Å². The molecule has 2 aromatic carbocycles. The van der Waals surface area contributed by atoms with Crippen LogP contribution in [-0.4, -0.2) is 17.9 Å². The number of amides is 2. The number of nitrogens with two attached hydrogens (primary N) is 1. The van der Waals surface area contributed by atoms with Gasteiger partial charge >= 0.3 is 0 Å². The van der Waals surface area contributed by atoms with E-state index in [2.05, 4.69) is 19.2 Å². The lowest BCUT2D eigenvalue weighted by Crippen LogP contribution is -2.30. The molecule has 0 aliphatic carbocycles. The molecular formula is C19H22N2O3. The molecule has 0 fully saturated rings. The van der Waals surface area contributed by atoms with Crippen LogP contribution in [0.3, 0.4) is 0 Å². The fraction of sp³-hybridized carbons (Fsp3) is 0.263. The fourth-order valence-electron chi connectivity index (χ4n) is 2.18. The van der Waals surface area contributed by atoms with Crippen molar-refractivity contribution in [3.8, 4) is 5.75 Å². The average Bonchev–Trinajstić information content (AvgIpc) is 2.55. The summed E-state index contributed by atoms with van der Waals surface area (Å²) in [5.41, 5.74) is 7.28. The summed E-state index contributed by atoms with van der Waals surface area (Å²) in [4.78, 5) is 23.4. The van der Waals surface area contributed by atoms with E-state index in [1.54, 1.807) is 25.1 Å². The highest BCUT2D eigenvalue weighted by molar-refractivity contribution is 5.97. The Morgan fingerprint density at radius 1 is 1.04 bits per heavy atom. The van der Waals surface area contributed by atoms with E-state index >= 15 is 0 Å². The van der Waals surface area contributed by atoms with Crippen LogP contribution < -0.4 is 15.8 Å². The zero-order chi connectivity index (χ0) is 17.7. The first-order valence-electron chi connectivity index (χ1n) is 7.84. The number of carbonyl (C=O) groups excluding carboxylic acids is 2. The predicted octanol–water partition coefficient (Wildman–Crippen LogP) is 3.31. The largest absolute Gasteiger partial charge is 0.481 e. The van der Waals surface area contributed by atoms with Crippen molar-refractivity contribution in [2.45, 2.75) is 32.8 Å². The number of hydrogen-bond donors (Lipinski definition) is 2. The minimum absolute atomic E-state index is 0.301. The molecular weight excluding hydrogens is 304 g/mol. The molecule has 0 saturated heterocycles. The molecule has 0 spiro atoms. The molecule has 0 saturated carbocycles. The molecule has 5 heteroatoms. The molecule has 2 amide bonds. The lowest BCUT2D eigenvalue weighted by atomic mass is 10.0. The molecule has 0 aliphatic heterocycles. The van der Waals surface area contributed by atoms with Crippen LogP contribution in [-0.2, 0) is 4.79 Å². The second-order valence-corrected chi connectivity index (χ2v) is 5.92. The van der Waals surface area contributed by atoms with Crippen molar-refractivity contribution < 1.29 is 14.3 Å². The van der Waals surface area contributed by atoms with Gasteiger partial charge in [0.25, 0.3) is 5.91 Å². The Hall–Kier alpha value is -2.82. The highest BCUT2D eigenvalue weighted by Crippen LogP contribution is 2.20. The third-order valence-corrected chi connectivity index (χ3v) is 3.64. The molecule has 5 nitrogen and oxygen atoms in total. The standard InChI is InChI=1S/C19H22N2O3/c1-12(2)14-7-9-17(10-8-14)24-13(3)19(23)21-16-6-4-5-15(11-16)18(20)22/h4-13H,1-3H3,(H2,20,22)(H,21,23). The maximum atomic E-state index is 12.2. The summed E-state index contributed by atoms with van der Waals surface area (Å²) in [6.45, 7) is 5.90. The lowest BCUT2D eigenvalue weighted by molar-refractivity contribution is -0.122. The van der Waals surface area contributed by atoms with E-state index in [1.165, 1.54) is 11.6 Å². The van der Waals surface area contributed by atoms with E-state index in [1.807, 2.05) is 24.3 Å². The van der Waals surface area contributed by atoms with E-state index in [-0.39, 0.29) is 5.91 Å². The fourth-order valence-corrected chi connectivity index (χ4v) is 2.18. The van der Waals surface area contributed by atoms with Crippen LogP contribution in [0.4, 0.5) is 5.69 Å². The van der Waals surface area contributed by atoms with Crippen molar-refractivity contribution in [2.24, 2.45) is 5.73 Å². The van der Waals surface area contributed by atoms with Crippen molar-refractivity contribution in [1.29, 1.82) is 0 Å². The number of carbonyl (C=O) groups is 2. The van der Waals surface area contributed by atoms with Gasteiger partial charge in [0.15, 0.2) is 6.10 Å². The van der Waals surface area contributed by atoms with Crippen molar-refractivity contribution in [3.63, 3.8) is 0 Å². The average molecular weight is 326 g/mol. The molecule has 0 radical (unpaired) electrons. The summed E-state index contributed by atoms with van der Waals surface area (Å²) >= 11 is 0. The van der Waals surface area contributed by atoms with Gasteiger partial charge in [0.1, 0.15) is 5.75 Å². The van der Waals surface area contributed by atoms with Gasteiger partial charge in [-0.2, -0.15) is 0 Å². The molecule has 0 aromatic heterocycles. The van der Waals surface area contributed by atoms with Crippen LogP contribution in [0.2, 0.25) is 0 Å². The van der Waals surface area contributed by atoms with Gasteiger partial charge in [-0.05, 0) is 48.7 Å². The van der Waals surface area contributed by atoms with Crippen molar-refractivity contribution in [3.05, 3.63) is 59.7 Å². The normalized spacial score (nSPS) is 11.8. The van der Waals surface area contributed by atoms with Crippen molar-refractivity contribution in [1.82, 2.24) is 0 Å². The molecule has 2 rings (SSSR count). The highest BCUT2D eigenvalue weighted by Gasteiger charge is 2.15. The maximum Gasteiger partial charge on any atom is 0.265 e. The van der Waals surface area contributed by atoms with Gasteiger partial charge in [0.05, 0.1) is 0 Å². The summed E-state index contributed by atoms with van der Waals surface area (Å²) < 4.78 is 5.66. The lowest BCUT2D eigenvalue weighted by Gasteiger charge is -2.15. The molecule has 126 valence electrons. The van der Waals surface area contributed by atoms with Gasteiger partial charge in [0.2, 0.25) is 5.91 Å². The molecule has 1 unspecified atom stereocenters. The number of rotatable bonds is 6. The quantitative estimate of drug-likeness (QED) is 0.854. The minimum atomic E-state index is -0.674. The zero-order valence-corrected chi connectivity index (χ0v) is 14.1. The van der Waals surface area contributed by atoms with Crippen LogP contribution in [0.5, 0.6) is 5.75 Å². The zero-order valence-electron chi connectivity index (χ0n) is 14.1. The predicted molar refractivity (Wildman–Crippen MR) is 94.2 cm³/mol. The Bertz CT molecular complexity index is 724. The molecule has 0 heterocycles. The van der Waals surface area contributed by atoms with Crippen LogP contribution >= 0.6 is 0 Å². The van der Waals surface area contributed by atoms with E-state index in [0.717, 1.165) is 0 Å². The Morgan fingerprint density at radius 2 is 1.71 bits per heavy atom. The minimum Gasteiger partial charge on any atom is -0.481 e. The summed E-state index contributed by atoms with van der Waals surface area (Å²) in [7, 11) is 0. The van der Waals surface area contributed by atoms with Gasteiger partial charge in [0, 0.05) is 11.3 Å². The molecule has 24 heavy (non-hydrogen) atoms. The maximum absolute atomic E-state index is 12.2. The summed E-state index contributed by atoms with van der Waals surface area (Å²) in [5, 5.41) is 2.72. The number of primary amides is 1. The van der Waals surface area contributed by atoms with E-state index in [0.29, 0.717) is 22.9 Å². The number of benzene rings is 2. The third kappa shape index (κ3) is 4.59. The Balaban J connectivity index is 1.99. The number of hydrogen-bond acceptors (Lipinski definition) is 3. The van der Waals surface area contributed by atoms with E-state index < -0.39 is 12.0 Å². The molecule has 2 aromatic rings. The number of anilines is 1. The Morgan fingerprint density at radius 3 is 2.29 bits per heavy atom. The first-order chi connectivity index (χ1) is 11.4. The monoisotopic (exact) mass is 326 g/mol. The SMILES string of the molecule is CC(Oc1ccc(C(C)C)cc1)C(=O)Nc1cccc(C(N)=O)c1. The van der Waals surface area contributed by atoms with Crippen LogP contribution in [0.15, 0.2) is 48.5 Å². The number of nitrogens with one attached hydrogen (secondary N) is 1. The van der Waals surface area contributed by atoms with E-state index in [9.17, 15) is 9.59 Å². The van der Waals surface area contributed by atoms with Crippen LogP contribution in [0.25, 0.3) is 0 Å². The summed E-state index contributed by atoms with van der Waals surface area (Å²) in [5.74, 6) is 0.232. The van der Waals surface area contributed by atoms with Gasteiger partial charge in [-0.3, -0.25) is 9.59 Å². The third-order valence-electron chi connectivity index (χ3n) is 3.64. The molecule has 0 aliphatic rings. The van der Waals surface area contributed by atoms with Gasteiger partial charge < -0.3 is 15.8 Å². The van der Waals surface area contributed by atoms with Gasteiger partial charge in [-0.1, -0.05) is 32.0 Å². The second kappa shape index (κ2) is 7.64. The van der Waals surface area contributed by atoms with E-state index in [4.69, 9.17) is 10.5 Å². The first kappa shape index (κ1) is 17.5. The smallest absolute Gasteiger partial charge is 0.265 e. The highest BCUT2D eigenvalue weighted by atomic mass is 16.5. The second-order valence-electron chi connectivity index (χ2n) is 5.92. The Labute approximate surface area is 141 Å². The van der Waals surface area contributed by atoms with Gasteiger partial charge in [-0.15, -0.1) is 0 Å². The number of ether oxygens (including phenoxy) is 1.